The van der Waals surface area contributed by atoms with E-state index in [4.69, 9.17) is 9.47 Å². The van der Waals surface area contributed by atoms with Crippen LogP contribution < -0.4 is 10.1 Å². The quantitative estimate of drug-likeness (QED) is 0.683. The number of halogens is 1. The van der Waals surface area contributed by atoms with E-state index in [0.717, 1.165) is 19.5 Å². The number of benzene rings is 1. The van der Waals surface area contributed by atoms with Crippen LogP contribution in [0.5, 0.6) is 11.5 Å². The molecule has 1 saturated heterocycles. The molecule has 0 unspecified atom stereocenters. The van der Waals surface area contributed by atoms with Crippen molar-refractivity contribution in [3.8, 4) is 11.5 Å². The van der Waals surface area contributed by atoms with E-state index in [-0.39, 0.29) is 29.1 Å². The maximum absolute atomic E-state index is 12.6. The predicted molar refractivity (Wildman–Crippen MR) is 95.0 cm³/mol. The van der Waals surface area contributed by atoms with E-state index < -0.39 is 12.0 Å². The van der Waals surface area contributed by atoms with Crippen molar-refractivity contribution in [2.75, 3.05) is 33.4 Å². The number of carbonyl (C=O) groups excluding carboxylic acids is 1. The van der Waals surface area contributed by atoms with Crippen LogP contribution in [0, 0.1) is 0 Å². The number of methoxy groups -OCH3 is 1. The topological polar surface area (TPSA) is 91.3 Å². The average Bonchev–Trinajstić information content (AvgIpc) is 2.98. The van der Waals surface area contributed by atoms with Gasteiger partial charge in [-0.15, -0.1) is 0 Å². The van der Waals surface area contributed by atoms with Gasteiger partial charge in [-0.2, -0.15) is 0 Å². The Hall–Kier alpha value is -1.35. The van der Waals surface area contributed by atoms with Gasteiger partial charge in [0, 0.05) is 23.6 Å². The van der Waals surface area contributed by atoms with Crippen LogP contribution in [0.3, 0.4) is 0 Å². The first kappa shape index (κ1) is 18.4. The first-order chi connectivity index (χ1) is 12.0. The van der Waals surface area contributed by atoms with E-state index in [0.29, 0.717) is 24.1 Å². The number of nitrogens with one attached hydrogen (secondary N) is 1. The molecule has 3 rings (SSSR count). The van der Waals surface area contributed by atoms with E-state index in [1.165, 1.54) is 13.2 Å². The first-order valence-electron chi connectivity index (χ1n) is 8.38. The third kappa shape index (κ3) is 3.92. The van der Waals surface area contributed by atoms with Gasteiger partial charge < -0.3 is 25.0 Å². The van der Waals surface area contributed by atoms with Crippen LogP contribution in [0.15, 0.2) is 16.6 Å². The van der Waals surface area contributed by atoms with Crippen molar-refractivity contribution in [2.24, 2.45) is 0 Å². The molecular formula is C17H23BrN2O5. The molecule has 1 aromatic carbocycles. The summed E-state index contributed by atoms with van der Waals surface area (Å²) >= 11 is 3.30. The van der Waals surface area contributed by atoms with Gasteiger partial charge in [0.15, 0.2) is 11.5 Å². The van der Waals surface area contributed by atoms with Crippen LogP contribution in [0.2, 0.25) is 0 Å². The lowest BCUT2D eigenvalue weighted by atomic mass is 10.1. The van der Waals surface area contributed by atoms with Crippen molar-refractivity contribution in [1.29, 1.82) is 0 Å². The highest BCUT2D eigenvalue weighted by molar-refractivity contribution is 9.10. The number of aromatic hydroxyl groups is 1. The van der Waals surface area contributed by atoms with Gasteiger partial charge in [-0.05, 0) is 25.0 Å². The normalized spacial score (nSPS) is 27.2. The molecule has 1 saturated carbocycles. The minimum Gasteiger partial charge on any atom is -0.504 e. The van der Waals surface area contributed by atoms with Gasteiger partial charge in [0.2, 0.25) is 0 Å². The number of amides is 1. The maximum Gasteiger partial charge on any atom is 0.255 e. The van der Waals surface area contributed by atoms with Crippen molar-refractivity contribution in [1.82, 2.24) is 10.2 Å². The van der Waals surface area contributed by atoms with Crippen molar-refractivity contribution >= 4 is 21.8 Å². The second kappa shape index (κ2) is 7.90. The molecule has 1 heterocycles. The standard InChI is InChI=1S/C17H23BrN2O5/c1-24-14-9-10(18)8-11(15(14)21)17(23)19-12-2-3-13(16(12)22)20-4-6-25-7-5-20/h8-9,12-13,16,21-22H,2-7H2,1H3,(H,19,23)/t12-,13-,16-/m1/s1. The van der Waals surface area contributed by atoms with Crippen molar-refractivity contribution in [2.45, 2.75) is 31.0 Å². The summed E-state index contributed by atoms with van der Waals surface area (Å²) in [6.45, 7) is 2.94. The van der Waals surface area contributed by atoms with E-state index in [1.54, 1.807) is 6.07 Å². The lowest BCUT2D eigenvalue weighted by Gasteiger charge is -2.34. The molecule has 7 nitrogen and oxygen atoms in total. The minimum atomic E-state index is -0.641. The first-order valence-corrected chi connectivity index (χ1v) is 9.17. The fourth-order valence-electron chi connectivity index (χ4n) is 3.57. The zero-order valence-electron chi connectivity index (χ0n) is 14.1. The van der Waals surface area contributed by atoms with Crippen LogP contribution in [0.4, 0.5) is 0 Å². The molecule has 138 valence electrons. The summed E-state index contributed by atoms with van der Waals surface area (Å²) < 4.78 is 11.1. The molecule has 2 aliphatic rings. The van der Waals surface area contributed by atoms with Gasteiger partial charge in [-0.3, -0.25) is 9.69 Å². The van der Waals surface area contributed by atoms with Crippen LogP contribution in [-0.2, 0) is 4.74 Å². The summed E-state index contributed by atoms with van der Waals surface area (Å²) in [6.07, 6.45) is 0.874. The second-order valence-corrected chi connectivity index (χ2v) is 7.28. The second-order valence-electron chi connectivity index (χ2n) is 6.37. The number of aliphatic hydroxyl groups excluding tert-OH is 1. The predicted octanol–water partition coefficient (Wildman–Crippen LogP) is 1.12. The summed E-state index contributed by atoms with van der Waals surface area (Å²) in [4.78, 5) is 14.8. The molecule has 25 heavy (non-hydrogen) atoms. The number of aliphatic hydroxyl groups is 1. The number of carbonyl (C=O) groups is 1. The Morgan fingerprint density at radius 1 is 1.36 bits per heavy atom. The number of phenolic OH excluding ortho intramolecular Hbond substituents is 1. The number of phenols is 1. The number of rotatable bonds is 4. The Morgan fingerprint density at radius 2 is 2.08 bits per heavy atom. The molecule has 2 fully saturated rings. The van der Waals surface area contributed by atoms with E-state index in [2.05, 4.69) is 26.1 Å². The molecule has 3 atom stereocenters. The van der Waals surface area contributed by atoms with Crippen molar-refractivity contribution in [3.63, 3.8) is 0 Å². The molecule has 1 aromatic rings. The molecule has 1 aliphatic heterocycles. The Labute approximate surface area is 155 Å². The maximum atomic E-state index is 12.6. The van der Waals surface area contributed by atoms with Gasteiger partial charge >= 0.3 is 0 Å². The van der Waals surface area contributed by atoms with Crippen molar-refractivity contribution in [3.05, 3.63) is 22.2 Å². The van der Waals surface area contributed by atoms with Gasteiger partial charge in [0.1, 0.15) is 0 Å². The lowest BCUT2D eigenvalue weighted by molar-refractivity contribution is -0.0154. The fourth-order valence-corrected chi connectivity index (χ4v) is 4.01. The third-order valence-electron chi connectivity index (χ3n) is 4.92. The Bertz CT molecular complexity index is 636. The Morgan fingerprint density at radius 3 is 2.76 bits per heavy atom. The summed E-state index contributed by atoms with van der Waals surface area (Å²) in [6, 6.07) is 2.81. The molecule has 0 radical (unpaired) electrons. The highest BCUT2D eigenvalue weighted by Crippen LogP contribution is 2.34. The Balaban J connectivity index is 1.68. The monoisotopic (exact) mass is 414 g/mol. The van der Waals surface area contributed by atoms with Gasteiger partial charge in [0.25, 0.3) is 5.91 Å². The highest BCUT2D eigenvalue weighted by atomic mass is 79.9. The molecule has 8 heteroatoms. The molecule has 0 bridgehead atoms. The zero-order valence-corrected chi connectivity index (χ0v) is 15.7. The van der Waals surface area contributed by atoms with Crippen LogP contribution >= 0.6 is 15.9 Å². The van der Waals surface area contributed by atoms with Crippen molar-refractivity contribution < 1.29 is 24.5 Å². The van der Waals surface area contributed by atoms with E-state index >= 15 is 0 Å². The number of nitrogens with zero attached hydrogens (tertiary/aromatic N) is 1. The largest absolute Gasteiger partial charge is 0.504 e. The number of hydrogen-bond acceptors (Lipinski definition) is 6. The van der Waals surface area contributed by atoms with E-state index in [1.807, 2.05) is 0 Å². The fraction of sp³-hybridized carbons (Fsp3) is 0.588. The lowest BCUT2D eigenvalue weighted by Crippen LogP contribution is -2.51. The number of ether oxygens (including phenoxy) is 2. The zero-order chi connectivity index (χ0) is 18.0. The molecule has 0 aromatic heterocycles. The third-order valence-corrected chi connectivity index (χ3v) is 5.37. The molecular weight excluding hydrogens is 392 g/mol. The summed E-state index contributed by atoms with van der Waals surface area (Å²) in [5.74, 6) is -0.415. The molecule has 1 aliphatic carbocycles. The summed E-state index contributed by atoms with van der Waals surface area (Å²) in [7, 11) is 1.43. The highest BCUT2D eigenvalue weighted by Gasteiger charge is 2.39. The summed E-state index contributed by atoms with van der Waals surface area (Å²) in [5.41, 5.74) is 0.119. The molecule has 0 spiro atoms. The average molecular weight is 415 g/mol. The van der Waals surface area contributed by atoms with Gasteiger partial charge in [-0.25, -0.2) is 0 Å². The SMILES string of the molecule is COc1cc(Br)cc(C(=O)N[C@@H]2CC[C@@H](N3CCOCC3)[C@@H]2O)c1O. The molecule has 1 amide bonds. The van der Waals surface area contributed by atoms with Gasteiger partial charge in [-0.1, -0.05) is 15.9 Å². The minimum absolute atomic E-state index is 0.0276. The smallest absolute Gasteiger partial charge is 0.255 e. The van der Waals surface area contributed by atoms with Crippen LogP contribution in [0.25, 0.3) is 0 Å². The van der Waals surface area contributed by atoms with E-state index in [9.17, 15) is 15.0 Å². The van der Waals surface area contributed by atoms with Gasteiger partial charge in [0.05, 0.1) is 38.0 Å². The van der Waals surface area contributed by atoms with Crippen LogP contribution in [0.1, 0.15) is 23.2 Å². The van der Waals surface area contributed by atoms with Crippen LogP contribution in [-0.4, -0.2) is 72.6 Å². The molecule has 3 N–H and O–H groups in total. The number of morpholine rings is 1. The Kier molecular flexibility index (Phi) is 5.83. The number of hydrogen-bond donors (Lipinski definition) is 3. The summed E-state index contributed by atoms with van der Waals surface area (Å²) in [5, 5.41) is 23.7.